The second-order valence-electron chi connectivity index (χ2n) is 4.64. The van der Waals surface area contributed by atoms with Crippen LogP contribution < -0.4 is 10.1 Å². The number of carbonyl (C=O) groups excluding carboxylic acids is 1. The Bertz CT molecular complexity index is 434. The number of rotatable bonds is 6. The summed E-state index contributed by atoms with van der Waals surface area (Å²) >= 11 is 3.38. The van der Waals surface area contributed by atoms with E-state index in [9.17, 15) is 4.79 Å². The molecule has 0 saturated carbocycles. The summed E-state index contributed by atoms with van der Waals surface area (Å²) in [5.41, 5.74) is 0.445. The molecule has 0 aliphatic carbocycles. The highest BCUT2D eigenvalue weighted by Crippen LogP contribution is 2.25. The highest BCUT2D eigenvalue weighted by molar-refractivity contribution is 9.10. The molecule has 106 valence electrons. The van der Waals surface area contributed by atoms with E-state index in [1.165, 1.54) is 0 Å². The van der Waals surface area contributed by atoms with Crippen LogP contribution in [0.2, 0.25) is 0 Å². The van der Waals surface area contributed by atoms with E-state index < -0.39 is 0 Å². The molecule has 0 bridgehead atoms. The maximum Gasteiger partial charge on any atom is 0.255 e. The first-order chi connectivity index (χ1) is 9.01. The van der Waals surface area contributed by atoms with Gasteiger partial charge in [-0.3, -0.25) is 4.79 Å². The molecule has 0 spiro atoms. The van der Waals surface area contributed by atoms with Crippen LogP contribution in [0.1, 0.15) is 50.4 Å². The Balaban J connectivity index is 3.01. The van der Waals surface area contributed by atoms with Crippen LogP contribution in [0.3, 0.4) is 0 Å². The van der Waals surface area contributed by atoms with Crippen LogP contribution in [-0.4, -0.2) is 18.6 Å². The molecule has 0 aliphatic rings. The molecule has 0 heterocycles. The van der Waals surface area contributed by atoms with Gasteiger partial charge in [-0.1, -0.05) is 36.7 Å². The predicted molar refractivity (Wildman–Crippen MR) is 81.8 cm³/mol. The minimum absolute atomic E-state index is 0.0742. The molecule has 1 aromatic carbocycles. The second-order valence-corrected chi connectivity index (χ2v) is 5.56. The van der Waals surface area contributed by atoms with Crippen LogP contribution in [0.5, 0.6) is 5.75 Å². The summed E-state index contributed by atoms with van der Waals surface area (Å²) in [4.78, 5) is 12.4. The standard InChI is InChI=1S/C15H22BrNO2/c1-5-15(6-2,7-3)17-14(18)12-9-8-11(16)10-13(12)19-4/h8-10H,5-7H2,1-4H3,(H,17,18). The topological polar surface area (TPSA) is 38.3 Å². The Morgan fingerprint density at radius 1 is 1.26 bits per heavy atom. The van der Waals surface area contributed by atoms with E-state index in [0.29, 0.717) is 11.3 Å². The van der Waals surface area contributed by atoms with E-state index >= 15 is 0 Å². The van der Waals surface area contributed by atoms with Crippen molar-refractivity contribution in [2.75, 3.05) is 7.11 Å². The van der Waals surface area contributed by atoms with Crippen molar-refractivity contribution < 1.29 is 9.53 Å². The molecular formula is C15H22BrNO2. The number of ether oxygens (including phenoxy) is 1. The fourth-order valence-electron chi connectivity index (χ4n) is 2.18. The van der Waals surface area contributed by atoms with Crippen LogP contribution in [-0.2, 0) is 0 Å². The number of nitrogens with one attached hydrogen (secondary N) is 1. The van der Waals surface area contributed by atoms with Gasteiger partial charge >= 0.3 is 0 Å². The minimum atomic E-state index is -0.130. The number of methoxy groups -OCH3 is 1. The van der Waals surface area contributed by atoms with Crippen molar-refractivity contribution in [2.45, 2.75) is 45.6 Å². The van der Waals surface area contributed by atoms with Gasteiger partial charge in [0.2, 0.25) is 0 Å². The quantitative estimate of drug-likeness (QED) is 0.852. The number of halogens is 1. The van der Waals surface area contributed by atoms with Crippen LogP contribution in [0.4, 0.5) is 0 Å². The molecule has 0 unspecified atom stereocenters. The van der Waals surface area contributed by atoms with Crippen LogP contribution >= 0.6 is 15.9 Å². The zero-order valence-corrected chi connectivity index (χ0v) is 13.6. The smallest absolute Gasteiger partial charge is 0.255 e. The van der Waals surface area contributed by atoms with Gasteiger partial charge in [-0.15, -0.1) is 0 Å². The van der Waals surface area contributed by atoms with Gasteiger partial charge in [-0.2, -0.15) is 0 Å². The van der Waals surface area contributed by atoms with Crippen molar-refractivity contribution in [3.8, 4) is 5.75 Å². The molecule has 19 heavy (non-hydrogen) atoms. The highest BCUT2D eigenvalue weighted by Gasteiger charge is 2.27. The average Bonchev–Trinajstić information content (AvgIpc) is 2.44. The Labute approximate surface area is 123 Å². The van der Waals surface area contributed by atoms with Crippen molar-refractivity contribution in [1.29, 1.82) is 0 Å². The monoisotopic (exact) mass is 327 g/mol. The minimum Gasteiger partial charge on any atom is -0.496 e. The lowest BCUT2D eigenvalue weighted by atomic mass is 9.89. The summed E-state index contributed by atoms with van der Waals surface area (Å²) in [5.74, 6) is 0.513. The summed E-state index contributed by atoms with van der Waals surface area (Å²) in [6.07, 6.45) is 2.76. The van der Waals surface area contributed by atoms with Crippen molar-refractivity contribution in [3.63, 3.8) is 0 Å². The molecule has 0 aromatic heterocycles. The third kappa shape index (κ3) is 3.72. The first kappa shape index (κ1) is 16.0. The van der Waals surface area contributed by atoms with Crippen molar-refractivity contribution >= 4 is 21.8 Å². The van der Waals surface area contributed by atoms with Gasteiger partial charge in [0.05, 0.1) is 12.7 Å². The Morgan fingerprint density at radius 2 is 1.84 bits per heavy atom. The largest absolute Gasteiger partial charge is 0.496 e. The highest BCUT2D eigenvalue weighted by atomic mass is 79.9. The van der Waals surface area contributed by atoms with E-state index in [1.54, 1.807) is 19.2 Å². The van der Waals surface area contributed by atoms with E-state index in [4.69, 9.17) is 4.74 Å². The van der Waals surface area contributed by atoms with Crippen LogP contribution in [0.15, 0.2) is 22.7 Å². The number of amides is 1. The lowest BCUT2D eigenvalue weighted by molar-refractivity contribution is 0.0885. The maximum atomic E-state index is 12.4. The van der Waals surface area contributed by atoms with Crippen LogP contribution in [0.25, 0.3) is 0 Å². The SMILES string of the molecule is CCC(CC)(CC)NC(=O)c1ccc(Br)cc1OC. The van der Waals surface area contributed by atoms with Crippen molar-refractivity contribution in [2.24, 2.45) is 0 Å². The first-order valence-electron chi connectivity index (χ1n) is 6.68. The molecule has 1 rings (SSSR count). The number of carbonyl (C=O) groups is 1. The van der Waals surface area contributed by atoms with E-state index in [0.717, 1.165) is 23.7 Å². The van der Waals surface area contributed by atoms with Gasteiger partial charge in [0.25, 0.3) is 5.91 Å². The van der Waals surface area contributed by atoms with E-state index in [-0.39, 0.29) is 11.4 Å². The Hall–Kier alpha value is -1.03. The van der Waals surface area contributed by atoms with Gasteiger partial charge < -0.3 is 10.1 Å². The number of hydrogen-bond acceptors (Lipinski definition) is 2. The zero-order chi connectivity index (χ0) is 14.5. The van der Waals surface area contributed by atoms with Crippen molar-refractivity contribution in [3.05, 3.63) is 28.2 Å². The summed E-state index contributed by atoms with van der Waals surface area (Å²) in [7, 11) is 1.57. The molecule has 1 amide bonds. The molecule has 0 saturated heterocycles. The molecule has 1 aromatic rings. The van der Waals surface area contributed by atoms with Gasteiger partial charge in [0.15, 0.2) is 0 Å². The average molecular weight is 328 g/mol. The zero-order valence-electron chi connectivity index (χ0n) is 12.0. The summed E-state index contributed by atoms with van der Waals surface area (Å²) in [6, 6.07) is 5.44. The lowest BCUT2D eigenvalue weighted by Gasteiger charge is -2.32. The summed E-state index contributed by atoms with van der Waals surface area (Å²) in [6.45, 7) is 6.31. The molecule has 0 radical (unpaired) electrons. The third-order valence-corrected chi connectivity index (χ3v) is 4.31. The molecule has 0 fully saturated rings. The molecular weight excluding hydrogens is 306 g/mol. The molecule has 0 aliphatic heterocycles. The molecule has 4 heteroatoms. The summed E-state index contributed by atoms with van der Waals surface area (Å²) in [5, 5.41) is 3.16. The van der Waals surface area contributed by atoms with E-state index in [1.807, 2.05) is 6.07 Å². The second kappa shape index (κ2) is 6.94. The van der Waals surface area contributed by atoms with Gasteiger partial charge in [0.1, 0.15) is 5.75 Å². The fraction of sp³-hybridized carbons (Fsp3) is 0.533. The van der Waals surface area contributed by atoms with Gasteiger partial charge in [0, 0.05) is 10.0 Å². The summed E-state index contributed by atoms with van der Waals surface area (Å²) < 4.78 is 6.17. The number of hydrogen-bond donors (Lipinski definition) is 1. The first-order valence-corrected chi connectivity index (χ1v) is 7.47. The Morgan fingerprint density at radius 3 is 2.32 bits per heavy atom. The number of benzene rings is 1. The van der Waals surface area contributed by atoms with Gasteiger partial charge in [-0.05, 0) is 37.5 Å². The molecule has 3 nitrogen and oxygen atoms in total. The fourth-order valence-corrected chi connectivity index (χ4v) is 2.52. The normalized spacial score (nSPS) is 11.2. The molecule has 1 N–H and O–H groups in total. The lowest BCUT2D eigenvalue weighted by Crippen LogP contribution is -2.47. The predicted octanol–water partition coefficient (Wildman–Crippen LogP) is 4.16. The maximum absolute atomic E-state index is 12.4. The van der Waals surface area contributed by atoms with Crippen molar-refractivity contribution in [1.82, 2.24) is 5.32 Å². The molecule has 0 atom stereocenters. The third-order valence-electron chi connectivity index (χ3n) is 3.82. The van der Waals surface area contributed by atoms with Gasteiger partial charge in [-0.25, -0.2) is 0 Å². The van der Waals surface area contributed by atoms with Crippen LogP contribution in [0, 0.1) is 0 Å². The van der Waals surface area contributed by atoms with E-state index in [2.05, 4.69) is 42.0 Å². The Kier molecular flexibility index (Phi) is 5.85.